The van der Waals surface area contributed by atoms with E-state index >= 15 is 0 Å². The molecule has 0 saturated carbocycles. The van der Waals surface area contributed by atoms with Gasteiger partial charge in [0.25, 0.3) is 0 Å². The van der Waals surface area contributed by atoms with Crippen molar-refractivity contribution in [1.82, 2.24) is 4.98 Å². The van der Waals surface area contributed by atoms with Crippen molar-refractivity contribution in [1.29, 1.82) is 0 Å². The van der Waals surface area contributed by atoms with E-state index in [4.69, 9.17) is 11.6 Å². The lowest BCUT2D eigenvalue weighted by Crippen LogP contribution is -1.85. The summed E-state index contributed by atoms with van der Waals surface area (Å²) < 4.78 is 0.850. The quantitative estimate of drug-likeness (QED) is 0.628. The van der Waals surface area contributed by atoms with Gasteiger partial charge < -0.3 is 5.11 Å². The van der Waals surface area contributed by atoms with Gasteiger partial charge in [0, 0.05) is 5.19 Å². The lowest BCUT2D eigenvalue weighted by molar-refractivity contribution is -0.267. The van der Waals surface area contributed by atoms with Crippen molar-refractivity contribution in [2.45, 2.75) is 0 Å². The highest BCUT2D eigenvalue weighted by Crippen LogP contribution is 2.29. The SMILES string of the molecule is [O-]c1nc2c(Cl)cccc2s1. The molecule has 1 heterocycles. The molecule has 2 nitrogen and oxygen atoms in total. The number of fused-ring (bicyclic) bond motifs is 1. The Balaban J connectivity index is 2.90. The molecule has 11 heavy (non-hydrogen) atoms. The monoisotopic (exact) mass is 184 g/mol. The van der Waals surface area contributed by atoms with Gasteiger partial charge in [0.15, 0.2) is 0 Å². The van der Waals surface area contributed by atoms with Crippen LogP contribution in [0.3, 0.4) is 0 Å². The summed E-state index contributed by atoms with van der Waals surface area (Å²) in [5.41, 5.74) is 0.615. The molecule has 0 amide bonds. The van der Waals surface area contributed by atoms with E-state index in [0.717, 1.165) is 16.0 Å². The summed E-state index contributed by atoms with van der Waals surface area (Å²) in [6.07, 6.45) is 0. The van der Waals surface area contributed by atoms with Crippen molar-refractivity contribution in [2.75, 3.05) is 0 Å². The van der Waals surface area contributed by atoms with Crippen LogP contribution in [0.5, 0.6) is 5.19 Å². The van der Waals surface area contributed by atoms with Crippen molar-refractivity contribution >= 4 is 33.2 Å². The fourth-order valence-electron chi connectivity index (χ4n) is 0.895. The fraction of sp³-hybridized carbons (Fsp3) is 0. The van der Waals surface area contributed by atoms with Crippen LogP contribution in [0.4, 0.5) is 0 Å². The van der Waals surface area contributed by atoms with E-state index in [9.17, 15) is 5.11 Å². The molecule has 0 N–H and O–H groups in total. The van der Waals surface area contributed by atoms with Crippen LogP contribution in [0.25, 0.3) is 10.2 Å². The van der Waals surface area contributed by atoms with E-state index < -0.39 is 0 Å². The summed E-state index contributed by atoms with van der Waals surface area (Å²) in [7, 11) is 0. The number of hydrogen-bond donors (Lipinski definition) is 0. The van der Waals surface area contributed by atoms with Gasteiger partial charge in [-0.05, 0) is 12.1 Å². The Hall–Kier alpha value is -0.800. The van der Waals surface area contributed by atoms with Gasteiger partial charge in [-0.2, -0.15) is 0 Å². The standard InChI is InChI=1S/C7H4ClNOS/c8-4-2-1-3-5-6(4)9-7(10)11-5/h1-3H,(H,9,10)/p-1. The van der Waals surface area contributed by atoms with Crippen LogP contribution < -0.4 is 5.11 Å². The minimum absolute atomic E-state index is 0.187. The summed E-state index contributed by atoms with van der Waals surface area (Å²) >= 11 is 6.89. The van der Waals surface area contributed by atoms with Crippen LogP contribution in [0.2, 0.25) is 5.02 Å². The highest BCUT2D eigenvalue weighted by molar-refractivity contribution is 7.20. The van der Waals surface area contributed by atoms with Crippen molar-refractivity contribution in [3.8, 4) is 5.19 Å². The summed E-state index contributed by atoms with van der Waals surface area (Å²) in [6.45, 7) is 0. The molecule has 1 aromatic carbocycles. The average Bonchev–Trinajstić information content (AvgIpc) is 2.31. The van der Waals surface area contributed by atoms with Crippen LogP contribution in [0.15, 0.2) is 18.2 Å². The second kappa shape index (κ2) is 2.36. The molecule has 56 valence electrons. The zero-order valence-corrected chi connectivity index (χ0v) is 6.95. The van der Waals surface area contributed by atoms with Crippen LogP contribution in [0.1, 0.15) is 0 Å². The topological polar surface area (TPSA) is 36.0 Å². The number of benzene rings is 1. The first-order valence-electron chi connectivity index (χ1n) is 2.99. The highest BCUT2D eigenvalue weighted by atomic mass is 35.5. The summed E-state index contributed by atoms with van der Waals surface area (Å²) in [6, 6.07) is 5.37. The van der Waals surface area contributed by atoms with Crippen molar-refractivity contribution in [2.24, 2.45) is 0 Å². The van der Waals surface area contributed by atoms with Gasteiger partial charge in [0.2, 0.25) is 0 Å². The van der Waals surface area contributed by atoms with Crippen molar-refractivity contribution < 1.29 is 5.11 Å². The molecule has 4 heteroatoms. The second-order valence-corrected chi connectivity index (χ2v) is 3.47. The van der Waals surface area contributed by atoms with E-state index in [-0.39, 0.29) is 5.19 Å². The van der Waals surface area contributed by atoms with Crippen LogP contribution in [0, 0.1) is 0 Å². The number of rotatable bonds is 0. The van der Waals surface area contributed by atoms with E-state index in [1.54, 1.807) is 6.07 Å². The maximum Gasteiger partial charge on any atom is 0.0990 e. The van der Waals surface area contributed by atoms with E-state index in [1.807, 2.05) is 12.1 Å². The molecule has 2 rings (SSSR count). The van der Waals surface area contributed by atoms with Crippen molar-refractivity contribution in [3.05, 3.63) is 23.2 Å². The number of nitrogens with zero attached hydrogens (tertiary/aromatic N) is 1. The van der Waals surface area contributed by atoms with Crippen LogP contribution in [-0.2, 0) is 0 Å². The predicted molar refractivity (Wildman–Crippen MR) is 44.1 cm³/mol. The van der Waals surface area contributed by atoms with Gasteiger partial charge in [-0.1, -0.05) is 17.7 Å². The Morgan fingerprint density at radius 2 is 2.27 bits per heavy atom. The molecule has 1 aromatic heterocycles. The van der Waals surface area contributed by atoms with Gasteiger partial charge in [0.1, 0.15) is 0 Å². The van der Waals surface area contributed by atoms with Gasteiger partial charge in [-0.3, -0.25) is 4.98 Å². The molecule has 0 fully saturated rings. The van der Waals surface area contributed by atoms with Gasteiger partial charge >= 0.3 is 0 Å². The Morgan fingerprint density at radius 3 is 3.00 bits per heavy atom. The normalized spacial score (nSPS) is 10.6. The summed E-state index contributed by atoms with van der Waals surface area (Å²) in [5.74, 6) is 0. The molecule has 0 radical (unpaired) electrons. The Labute approximate surface area is 72.1 Å². The van der Waals surface area contributed by atoms with Gasteiger partial charge in [-0.15, -0.1) is 11.3 Å². The Morgan fingerprint density at radius 1 is 1.45 bits per heavy atom. The molecular formula is C7H3ClNOS-. The molecular weight excluding hydrogens is 182 g/mol. The lowest BCUT2D eigenvalue weighted by atomic mass is 10.3. The molecule has 0 spiro atoms. The predicted octanol–water partition coefficient (Wildman–Crippen LogP) is 2.02. The third kappa shape index (κ3) is 1.06. The number of thiazole rings is 1. The zero-order valence-electron chi connectivity index (χ0n) is 5.37. The smallest absolute Gasteiger partial charge is 0.0990 e. The largest absolute Gasteiger partial charge is 0.851 e. The first-order chi connectivity index (χ1) is 5.27. The van der Waals surface area contributed by atoms with E-state index in [0.29, 0.717) is 10.5 Å². The molecule has 0 aliphatic rings. The van der Waals surface area contributed by atoms with Gasteiger partial charge in [-0.25, -0.2) is 0 Å². The minimum Gasteiger partial charge on any atom is -0.851 e. The van der Waals surface area contributed by atoms with E-state index in [1.165, 1.54) is 0 Å². The molecule has 0 unspecified atom stereocenters. The third-order valence-electron chi connectivity index (χ3n) is 1.35. The van der Waals surface area contributed by atoms with Crippen LogP contribution >= 0.6 is 22.9 Å². The second-order valence-electron chi connectivity index (χ2n) is 2.07. The van der Waals surface area contributed by atoms with Gasteiger partial charge in [0.05, 0.1) is 15.2 Å². The average molecular weight is 185 g/mol. The zero-order chi connectivity index (χ0) is 7.84. The maximum atomic E-state index is 10.8. The number of aromatic nitrogens is 1. The molecule has 0 atom stereocenters. The minimum atomic E-state index is -0.187. The fourth-order valence-corrected chi connectivity index (χ4v) is 1.89. The van der Waals surface area contributed by atoms with E-state index in [2.05, 4.69) is 4.98 Å². The number of para-hydroxylation sites is 1. The molecule has 2 aromatic rings. The van der Waals surface area contributed by atoms with Crippen LogP contribution in [-0.4, -0.2) is 4.98 Å². The summed E-state index contributed by atoms with van der Waals surface area (Å²) in [4.78, 5) is 3.74. The lowest BCUT2D eigenvalue weighted by Gasteiger charge is -1.90. The molecule has 0 bridgehead atoms. The van der Waals surface area contributed by atoms with Crippen molar-refractivity contribution in [3.63, 3.8) is 0 Å². The molecule has 0 aliphatic carbocycles. The first kappa shape index (κ1) is 6.88. The maximum absolute atomic E-state index is 10.8. The Kier molecular flexibility index (Phi) is 1.47. The highest BCUT2D eigenvalue weighted by Gasteiger charge is 2.00. The molecule has 0 saturated heterocycles. The Bertz CT molecular complexity index is 398. The summed E-state index contributed by atoms with van der Waals surface area (Å²) in [5, 5.41) is 11.1. The first-order valence-corrected chi connectivity index (χ1v) is 4.19. The third-order valence-corrected chi connectivity index (χ3v) is 2.47. The number of hydrogen-bond acceptors (Lipinski definition) is 3. The molecule has 0 aliphatic heterocycles. The number of halogens is 1.